The number of ether oxygens (including phenoxy) is 3. The molecule has 0 bridgehead atoms. The maximum Gasteiger partial charge on any atom is 0.339 e. The summed E-state index contributed by atoms with van der Waals surface area (Å²) in [5.41, 5.74) is 0.261. The van der Waals surface area contributed by atoms with Crippen LogP contribution in [0.25, 0.3) is 0 Å². The van der Waals surface area contributed by atoms with Gasteiger partial charge in [-0.1, -0.05) is 13.0 Å². The number of amides is 1. The molecule has 9 nitrogen and oxygen atoms in total. The van der Waals surface area contributed by atoms with Gasteiger partial charge in [0, 0.05) is 17.8 Å². The van der Waals surface area contributed by atoms with Crippen molar-refractivity contribution >= 4 is 23.3 Å². The number of non-ortho nitro benzene ring substituents is 1. The minimum Gasteiger partial charge on any atom is -0.493 e. The Morgan fingerprint density at radius 3 is 2.59 bits per heavy atom. The van der Waals surface area contributed by atoms with Crippen molar-refractivity contribution < 1.29 is 28.7 Å². The molecule has 2 aromatic carbocycles. The zero-order valence-electron chi connectivity index (χ0n) is 16.3. The van der Waals surface area contributed by atoms with Gasteiger partial charge in [0.05, 0.1) is 24.2 Å². The lowest BCUT2D eigenvalue weighted by molar-refractivity contribution is -0.384. The summed E-state index contributed by atoms with van der Waals surface area (Å²) in [6, 6.07) is 10.0. The van der Waals surface area contributed by atoms with Crippen LogP contribution < -0.4 is 14.8 Å². The van der Waals surface area contributed by atoms with Crippen LogP contribution in [0.4, 0.5) is 11.4 Å². The number of methoxy groups -OCH3 is 1. The van der Waals surface area contributed by atoms with Gasteiger partial charge >= 0.3 is 5.97 Å². The molecule has 0 spiro atoms. The Kier molecular flexibility index (Phi) is 7.53. The van der Waals surface area contributed by atoms with Gasteiger partial charge in [0.25, 0.3) is 11.6 Å². The lowest BCUT2D eigenvalue weighted by Crippen LogP contribution is -2.30. The molecule has 0 unspecified atom stereocenters. The third kappa shape index (κ3) is 5.93. The van der Waals surface area contributed by atoms with Crippen molar-refractivity contribution in [3.05, 3.63) is 58.1 Å². The van der Waals surface area contributed by atoms with E-state index in [1.165, 1.54) is 50.4 Å². The van der Waals surface area contributed by atoms with E-state index >= 15 is 0 Å². The first kappa shape index (κ1) is 21.7. The van der Waals surface area contributed by atoms with Crippen LogP contribution in [0.2, 0.25) is 0 Å². The monoisotopic (exact) mass is 402 g/mol. The van der Waals surface area contributed by atoms with Gasteiger partial charge in [0.2, 0.25) is 0 Å². The number of anilines is 1. The van der Waals surface area contributed by atoms with Crippen LogP contribution in [0.3, 0.4) is 0 Å². The van der Waals surface area contributed by atoms with E-state index in [0.717, 1.165) is 6.42 Å². The molecule has 2 aromatic rings. The molecule has 0 saturated heterocycles. The molecule has 0 aliphatic carbocycles. The normalized spacial score (nSPS) is 11.3. The summed E-state index contributed by atoms with van der Waals surface area (Å²) >= 11 is 0. The Balaban J connectivity index is 2.03. The van der Waals surface area contributed by atoms with Crippen LogP contribution in [0.15, 0.2) is 42.5 Å². The number of carbonyl (C=O) groups excluding carboxylic acids is 2. The highest BCUT2D eigenvalue weighted by atomic mass is 16.6. The summed E-state index contributed by atoms with van der Waals surface area (Å²) in [4.78, 5) is 34.9. The van der Waals surface area contributed by atoms with Crippen LogP contribution in [-0.2, 0) is 9.53 Å². The number of esters is 1. The molecule has 2 rings (SSSR count). The minimum atomic E-state index is -1.12. The van der Waals surface area contributed by atoms with Crippen LogP contribution >= 0.6 is 0 Å². The summed E-state index contributed by atoms with van der Waals surface area (Å²) in [5, 5.41) is 13.3. The molecule has 29 heavy (non-hydrogen) atoms. The molecular formula is C20H22N2O7. The molecule has 154 valence electrons. The number of carbonyl (C=O) groups is 2. The Morgan fingerprint density at radius 2 is 1.93 bits per heavy atom. The van der Waals surface area contributed by atoms with E-state index in [0.29, 0.717) is 18.1 Å². The van der Waals surface area contributed by atoms with Gasteiger partial charge in [-0.25, -0.2) is 4.79 Å². The van der Waals surface area contributed by atoms with Crippen LogP contribution in [0, 0.1) is 10.1 Å². The lowest BCUT2D eigenvalue weighted by atomic mass is 10.2. The molecule has 0 aromatic heterocycles. The second-order valence-electron chi connectivity index (χ2n) is 6.06. The highest BCUT2D eigenvalue weighted by Gasteiger charge is 2.21. The fourth-order valence-electron chi connectivity index (χ4n) is 2.35. The van der Waals surface area contributed by atoms with E-state index in [4.69, 9.17) is 14.2 Å². The SMILES string of the molecule is CCCOc1ccc(C(=O)O[C@H](C)C(=O)Nc2cccc([N+](=O)[O-])c2)cc1OC. The standard InChI is InChI=1S/C20H22N2O7/c1-4-10-28-17-9-8-14(11-18(17)27-3)20(24)29-13(2)19(23)21-15-6-5-7-16(12-15)22(25)26/h5-9,11-13H,4,10H2,1-3H3,(H,21,23)/t13-/m1/s1. The zero-order valence-corrected chi connectivity index (χ0v) is 16.3. The molecule has 9 heteroatoms. The average Bonchev–Trinajstić information content (AvgIpc) is 2.72. The van der Waals surface area contributed by atoms with Crippen molar-refractivity contribution in [3.63, 3.8) is 0 Å². The molecular weight excluding hydrogens is 380 g/mol. The first-order valence-corrected chi connectivity index (χ1v) is 8.92. The zero-order chi connectivity index (χ0) is 21.4. The van der Waals surface area contributed by atoms with E-state index in [1.807, 2.05) is 6.92 Å². The summed E-state index contributed by atoms with van der Waals surface area (Å²) in [7, 11) is 1.46. The molecule has 1 atom stereocenters. The Morgan fingerprint density at radius 1 is 1.17 bits per heavy atom. The second-order valence-corrected chi connectivity index (χ2v) is 6.06. The van der Waals surface area contributed by atoms with Crippen molar-refractivity contribution in [2.75, 3.05) is 19.0 Å². The number of hydrogen-bond acceptors (Lipinski definition) is 7. The van der Waals surface area contributed by atoms with E-state index in [9.17, 15) is 19.7 Å². The molecule has 1 N–H and O–H groups in total. The Bertz CT molecular complexity index is 898. The fraction of sp³-hybridized carbons (Fsp3) is 0.300. The number of benzene rings is 2. The van der Waals surface area contributed by atoms with Crippen molar-refractivity contribution in [1.29, 1.82) is 0 Å². The Hall–Kier alpha value is -3.62. The van der Waals surface area contributed by atoms with E-state index in [2.05, 4.69) is 5.32 Å². The van der Waals surface area contributed by atoms with Crippen LogP contribution in [0.5, 0.6) is 11.5 Å². The molecule has 0 aliphatic rings. The number of nitro groups is 1. The second kappa shape index (κ2) is 10.1. The highest BCUT2D eigenvalue weighted by molar-refractivity contribution is 5.97. The molecule has 0 radical (unpaired) electrons. The van der Waals surface area contributed by atoms with Crippen molar-refractivity contribution in [1.82, 2.24) is 0 Å². The topological polar surface area (TPSA) is 117 Å². The molecule has 0 aliphatic heterocycles. The highest BCUT2D eigenvalue weighted by Crippen LogP contribution is 2.28. The third-order valence-corrected chi connectivity index (χ3v) is 3.84. The average molecular weight is 402 g/mol. The summed E-state index contributed by atoms with van der Waals surface area (Å²) in [6.07, 6.45) is -0.298. The number of nitro benzene ring substituents is 1. The van der Waals surface area contributed by atoms with Crippen molar-refractivity contribution in [2.45, 2.75) is 26.4 Å². The number of rotatable bonds is 9. The summed E-state index contributed by atoms with van der Waals surface area (Å²) < 4.78 is 16.0. The van der Waals surface area contributed by atoms with Gasteiger partial charge in [0.15, 0.2) is 17.6 Å². The number of nitrogens with zero attached hydrogens (tertiary/aromatic N) is 1. The predicted octanol–water partition coefficient (Wildman–Crippen LogP) is 3.58. The molecule has 1 amide bonds. The maximum absolute atomic E-state index is 12.4. The van der Waals surface area contributed by atoms with Crippen molar-refractivity contribution in [2.24, 2.45) is 0 Å². The molecule has 0 heterocycles. The van der Waals surface area contributed by atoms with Gasteiger partial charge in [-0.2, -0.15) is 0 Å². The van der Waals surface area contributed by atoms with Gasteiger partial charge in [0.1, 0.15) is 0 Å². The fourth-order valence-corrected chi connectivity index (χ4v) is 2.35. The lowest BCUT2D eigenvalue weighted by Gasteiger charge is -2.15. The first-order chi connectivity index (χ1) is 13.8. The number of nitrogens with one attached hydrogen (secondary N) is 1. The molecule has 0 saturated carbocycles. The summed E-state index contributed by atoms with van der Waals surface area (Å²) in [6.45, 7) is 3.88. The van der Waals surface area contributed by atoms with Gasteiger partial charge in [-0.05, 0) is 37.6 Å². The van der Waals surface area contributed by atoms with Gasteiger partial charge in [-0.3, -0.25) is 14.9 Å². The van der Waals surface area contributed by atoms with E-state index in [1.54, 1.807) is 6.07 Å². The van der Waals surface area contributed by atoms with Crippen LogP contribution in [0.1, 0.15) is 30.6 Å². The largest absolute Gasteiger partial charge is 0.493 e. The quantitative estimate of drug-likeness (QED) is 0.387. The molecule has 0 fully saturated rings. The third-order valence-electron chi connectivity index (χ3n) is 3.84. The van der Waals surface area contributed by atoms with Gasteiger partial charge < -0.3 is 19.5 Å². The Labute approximate surface area is 167 Å². The smallest absolute Gasteiger partial charge is 0.339 e. The number of hydrogen-bond donors (Lipinski definition) is 1. The maximum atomic E-state index is 12.4. The van der Waals surface area contributed by atoms with Crippen molar-refractivity contribution in [3.8, 4) is 11.5 Å². The van der Waals surface area contributed by atoms with E-state index in [-0.39, 0.29) is 16.9 Å². The van der Waals surface area contributed by atoms with Gasteiger partial charge in [-0.15, -0.1) is 0 Å². The summed E-state index contributed by atoms with van der Waals surface area (Å²) in [5.74, 6) is -0.454. The minimum absolute atomic E-state index is 0.162. The van der Waals surface area contributed by atoms with Crippen LogP contribution in [-0.4, -0.2) is 36.6 Å². The predicted molar refractivity (Wildman–Crippen MR) is 105 cm³/mol. The van der Waals surface area contributed by atoms with E-state index < -0.39 is 22.9 Å². The first-order valence-electron chi connectivity index (χ1n) is 8.92.